The number of hydrogen-bond donors (Lipinski definition) is 1. The van der Waals surface area contributed by atoms with Gasteiger partial charge in [-0.05, 0) is 61.4 Å². The average molecular weight is 456 g/mol. The molecule has 1 fully saturated rings. The minimum Gasteiger partial charge on any atom is -0.497 e. The van der Waals surface area contributed by atoms with E-state index in [0.29, 0.717) is 28.7 Å². The summed E-state index contributed by atoms with van der Waals surface area (Å²) in [6, 6.07) is 13.6. The van der Waals surface area contributed by atoms with Crippen molar-refractivity contribution in [3.05, 3.63) is 54.4 Å². The Bertz CT molecular complexity index is 1170. The fourth-order valence-corrected chi connectivity index (χ4v) is 5.63. The van der Waals surface area contributed by atoms with Gasteiger partial charge in [0.25, 0.3) is 0 Å². The summed E-state index contributed by atoms with van der Waals surface area (Å²) in [4.78, 5) is 16.9. The zero-order valence-electron chi connectivity index (χ0n) is 17.8. The number of anilines is 1. The summed E-state index contributed by atoms with van der Waals surface area (Å²) in [5, 5.41) is 6.44. The fourth-order valence-electron chi connectivity index (χ4n) is 3.78. The Morgan fingerprint density at radius 2 is 1.78 bits per heavy atom. The lowest BCUT2D eigenvalue weighted by Gasteiger charge is -2.12. The highest BCUT2D eigenvalue weighted by Gasteiger charge is 2.30. The molecule has 168 valence electrons. The maximum Gasteiger partial charge on any atom is 0.227 e. The van der Waals surface area contributed by atoms with Crippen LogP contribution < -0.4 is 10.1 Å². The predicted octanol–water partition coefficient (Wildman–Crippen LogP) is 4.03. The molecule has 1 amide bonds. The topological polar surface area (TPSA) is 111 Å². The molecule has 0 radical (unpaired) electrons. The van der Waals surface area contributed by atoms with E-state index in [0.717, 1.165) is 37.0 Å². The molecular weight excluding hydrogens is 430 g/mol. The first-order valence-electron chi connectivity index (χ1n) is 10.6. The van der Waals surface area contributed by atoms with Gasteiger partial charge >= 0.3 is 0 Å². The van der Waals surface area contributed by atoms with Crippen LogP contribution in [0.5, 0.6) is 5.75 Å². The number of nitrogens with zero attached hydrogens (tertiary/aromatic N) is 2. The monoisotopic (exact) mass is 455 g/mol. The second-order valence-electron chi connectivity index (χ2n) is 7.76. The van der Waals surface area contributed by atoms with E-state index in [9.17, 15) is 13.2 Å². The Kier molecular flexibility index (Phi) is 6.55. The van der Waals surface area contributed by atoms with Gasteiger partial charge in [-0.15, -0.1) is 0 Å². The standard InChI is InChI=1S/C23H25N3O5S/c1-30-18-10-6-16(7-11-18)23-25-22(31-26-23)15-14-21(27)24-17-8-12-20(13-9-17)32(28,29)19-4-2-3-5-19/h6-13,19H,2-5,14-15H2,1H3,(H,24,27). The molecule has 32 heavy (non-hydrogen) atoms. The van der Waals surface area contributed by atoms with Crippen molar-refractivity contribution < 1.29 is 22.5 Å². The first-order valence-corrected chi connectivity index (χ1v) is 12.1. The van der Waals surface area contributed by atoms with Crippen molar-refractivity contribution in [1.82, 2.24) is 10.1 Å². The van der Waals surface area contributed by atoms with Gasteiger partial charge in [0.05, 0.1) is 17.3 Å². The van der Waals surface area contributed by atoms with E-state index in [4.69, 9.17) is 9.26 Å². The Hall–Kier alpha value is -3.20. The number of aryl methyl sites for hydroxylation is 1. The van der Waals surface area contributed by atoms with Crippen LogP contribution in [-0.4, -0.2) is 36.8 Å². The van der Waals surface area contributed by atoms with Crippen molar-refractivity contribution in [3.8, 4) is 17.1 Å². The Labute approximate surface area is 186 Å². The van der Waals surface area contributed by atoms with E-state index in [1.165, 1.54) is 0 Å². The summed E-state index contributed by atoms with van der Waals surface area (Å²) in [6.07, 6.45) is 3.81. The number of hydrogen-bond acceptors (Lipinski definition) is 7. The van der Waals surface area contributed by atoms with E-state index < -0.39 is 9.84 Å². The summed E-state index contributed by atoms with van der Waals surface area (Å²) in [7, 11) is -1.71. The molecule has 1 N–H and O–H groups in total. The highest BCUT2D eigenvalue weighted by Crippen LogP contribution is 2.30. The molecule has 0 atom stereocenters. The molecule has 9 heteroatoms. The van der Waals surface area contributed by atoms with Crippen LogP contribution in [-0.2, 0) is 21.1 Å². The zero-order chi connectivity index (χ0) is 22.6. The van der Waals surface area contributed by atoms with Crippen LogP contribution in [0.3, 0.4) is 0 Å². The molecule has 0 bridgehead atoms. The normalized spacial score (nSPS) is 14.4. The highest BCUT2D eigenvalue weighted by molar-refractivity contribution is 7.92. The van der Waals surface area contributed by atoms with Crippen molar-refractivity contribution >= 4 is 21.4 Å². The number of sulfone groups is 1. The van der Waals surface area contributed by atoms with Gasteiger partial charge in [0.15, 0.2) is 9.84 Å². The van der Waals surface area contributed by atoms with Crippen molar-refractivity contribution in [2.75, 3.05) is 12.4 Å². The number of carbonyl (C=O) groups is 1. The largest absolute Gasteiger partial charge is 0.497 e. The lowest BCUT2D eigenvalue weighted by molar-refractivity contribution is -0.116. The second kappa shape index (κ2) is 9.52. The predicted molar refractivity (Wildman–Crippen MR) is 119 cm³/mol. The molecule has 1 saturated carbocycles. The summed E-state index contributed by atoms with van der Waals surface area (Å²) >= 11 is 0. The molecule has 1 aliphatic carbocycles. The maximum absolute atomic E-state index is 12.6. The molecular formula is C23H25N3O5S. The molecule has 0 aliphatic heterocycles. The van der Waals surface area contributed by atoms with Crippen LogP contribution >= 0.6 is 0 Å². The van der Waals surface area contributed by atoms with Crippen LogP contribution in [0.1, 0.15) is 38.0 Å². The van der Waals surface area contributed by atoms with E-state index in [1.54, 1.807) is 31.4 Å². The number of amides is 1. The number of rotatable bonds is 8. The van der Waals surface area contributed by atoms with Gasteiger partial charge in [0.1, 0.15) is 5.75 Å². The third-order valence-electron chi connectivity index (χ3n) is 5.59. The van der Waals surface area contributed by atoms with E-state index in [2.05, 4.69) is 15.5 Å². The number of carbonyl (C=O) groups excluding carboxylic acids is 1. The minimum atomic E-state index is -3.30. The molecule has 1 heterocycles. The third-order valence-corrected chi connectivity index (χ3v) is 7.87. The van der Waals surface area contributed by atoms with Crippen LogP contribution in [0.15, 0.2) is 57.9 Å². The van der Waals surface area contributed by atoms with Crippen LogP contribution in [0.25, 0.3) is 11.4 Å². The molecule has 2 aromatic carbocycles. The molecule has 1 aliphatic rings. The SMILES string of the molecule is COc1ccc(-c2noc(CCC(=O)Nc3ccc(S(=O)(=O)C4CCCC4)cc3)n2)cc1. The van der Waals surface area contributed by atoms with Gasteiger partial charge in [0, 0.05) is 24.1 Å². The van der Waals surface area contributed by atoms with E-state index in [1.807, 2.05) is 24.3 Å². The molecule has 0 spiro atoms. The number of ether oxygens (including phenoxy) is 1. The summed E-state index contributed by atoms with van der Waals surface area (Å²) in [5.74, 6) is 1.32. The van der Waals surface area contributed by atoms with Crippen molar-refractivity contribution in [1.29, 1.82) is 0 Å². The van der Waals surface area contributed by atoms with Crippen molar-refractivity contribution in [2.45, 2.75) is 48.7 Å². The number of aromatic nitrogens is 2. The molecule has 4 rings (SSSR count). The van der Waals surface area contributed by atoms with Crippen molar-refractivity contribution in [3.63, 3.8) is 0 Å². The smallest absolute Gasteiger partial charge is 0.227 e. The molecule has 3 aromatic rings. The van der Waals surface area contributed by atoms with E-state index in [-0.39, 0.29) is 17.6 Å². The maximum atomic E-state index is 12.6. The third kappa shape index (κ3) is 4.99. The highest BCUT2D eigenvalue weighted by atomic mass is 32.2. The lowest BCUT2D eigenvalue weighted by atomic mass is 10.2. The van der Waals surface area contributed by atoms with Gasteiger partial charge in [-0.25, -0.2) is 8.42 Å². The minimum absolute atomic E-state index is 0.159. The molecule has 0 unspecified atom stereocenters. The Morgan fingerprint density at radius 3 is 2.44 bits per heavy atom. The van der Waals surface area contributed by atoms with Gasteiger partial charge in [0.2, 0.25) is 17.6 Å². The van der Waals surface area contributed by atoms with E-state index >= 15 is 0 Å². The first-order chi connectivity index (χ1) is 15.5. The summed E-state index contributed by atoms with van der Waals surface area (Å²) in [5.41, 5.74) is 1.34. The van der Waals surface area contributed by atoms with Gasteiger partial charge < -0.3 is 14.6 Å². The fraction of sp³-hybridized carbons (Fsp3) is 0.348. The van der Waals surface area contributed by atoms with Crippen LogP contribution in [0, 0.1) is 0 Å². The summed E-state index contributed by atoms with van der Waals surface area (Å²) in [6.45, 7) is 0. The van der Waals surface area contributed by atoms with Crippen LogP contribution in [0.4, 0.5) is 5.69 Å². The molecule has 8 nitrogen and oxygen atoms in total. The summed E-state index contributed by atoms with van der Waals surface area (Å²) < 4.78 is 35.7. The molecule has 0 saturated heterocycles. The van der Waals surface area contributed by atoms with Gasteiger partial charge in [-0.3, -0.25) is 4.79 Å². The van der Waals surface area contributed by atoms with Crippen molar-refractivity contribution in [2.24, 2.45) is 0 Å². The van der Waals surface area contributed by atoms with Crippen LogP contribution in [0.2, 0.25) is 0 Å². The first kappa shape index (κ1) is 22.0. The van der Waals surface area contributed by atoms with Gasteiger partial charge in [-0.1, -0.05) is 18.0 Å². The molecule has 1 aromatic heterocycles. The Balaban J connectivity index is 1.31. The lowest BCUT2D eigenvalue weighted by Crippen LogP contribution is -2.18. The Morgan fingerprint density at radius 1 is 1.09 bits per heavy atom. The average Bonchev–Trinajstić information content (AvgIpc) is 3.51. The number of nitrogens with one attached hydrogen (secondary N) is 1. The number of benzene rings is 2. The second-order valence-corrected chi connectivity index (χ2v) is 9.99. The van der Waals surface area contributed by atoms with Gasteiger partial charge in [-0.2, -0.15) is 4.98 Å². The number of methoxy groups -OCH3 is 1. The quantitative estimate of drug-likeness (QED) is 0.546. The zero-order valence-corrected chi connectivity index (χ0v) is 18.6.